The monoisotopic (exact) mass is 1270 g/mol. The van der Waals surface area contributed by atoms with E-state index in [9.17, 15) is 0 Å². The van der Waals surface area contributed by atoms with Crippen LogP contribution in [0.15, 0.2) is 206 Å². The second-order valence-electron chi connectivity index (χ2n) is 19.0. The summed E-state index contributed by atoms with van der Waals surface area (Å²) in [6.07, 6.45) is 1.14. The Bertz CT molecular complexity index is 3180. The first kappa shape index (κ1) is 78.0. The minimum Gasteiger partial charge on any atom is -0.399 e. The topological polar surface area (TPSA) is 389 Å². The van der Waals surface area contributed by atoms with Crippen LogP contribution in [0.3, 0.4) is 0 Å². The highest BCUT2D eigenvalue weighted by Crippen LogP contribution is 2.21. The van der Waals surface area contributed by atoms with E-state index in [1.165, 1.54) is 11.4 Å². The maximum Gasteiger partial charge on any atom is 0.394 e. The lowest BCUT2D eigenvalue weighted by Gasteiger charge is -2.21. The number of likely N-dealkylation sites (N-methyl/N-ethyl adjacent to an activating group) is 3. The number of nitrogens with zero attached hydrogens (tertiary/aromatic N) is 4. The first-order chi connectivity index (χ1) is 42.2. The lowest BCUT2D eigenvalue weighted by atomic mass is 10.2. The van der Waals surface area contributed by atoms with Crippen molar-refractivity contribution < 1.29 is 50.4 Å². The Labute approximate surface area is 526 Å². The lowest BCUT2D eigenvalue weighted by Crippen LogP contribution is -2.25. The van der Waals surface area contributed by atoms with Crippen LogP contribution in [0.25, 0.3) is 0 Å². The van der Waals surface area contributed by atoms with Gasteiger partial charge in [-0.2, -0.15) is 16.8 Å². The third kappa shape index (κ3) is 40.1. The van der Waals surface area contributed by atoms with E-state index in [2.05, 4.69) is 90.0 Å². The number of nitrogens with one attached hydrogen (secondary N) is 3. The van der Waals surface area contributed by atoms with Gasteiger partial charge in [0.25, 0.3) is 0 Å². The summed E-state index contributed by atoms with van der Waals surface area (Å²) in [7, 11) is -3.41. The summed E-state index contributed by atoms with van der Waals surface area (Å²) in [6.45, 7) is 11.7. The van der Waals surface area contributed by atoms with Crippen LogP contribution in [-0.2, 0) is 20.8 Å². The second-order valence-corrected chi connectivity index (χ2v) is 20.8. The normalized spacial score (nSPS) is 10.0. The average molecular weight is 1270 g/mol. The van der Waals surface area contributed by atoms with Crippen LogP contribution >= 0.6 is 0 Å². The molecule has 8 aromatic rings. The third-order valence-corrected chi connectivity index (χ3v) is 11.9. The zero-order valence-electron chi connectivity index (χ0n) is 51.5. The molecule has 0 aliphatic heterocycles. The highest BCUT2D eigenvalue weighted by molar-refractivity contribution is 7.80. The van der Waals surface area contributed by atoms with E-state index in [-0.39, 0.29) is 19.8 Å². The van der Waals surface area contributed by atoms with E-state index >= 15 is 0 Å². The molecule has 0 aliphatic rings. The van der Waals surface area contributed by atoms with Crippen LogP contribution in [0.5, 0.6) is 0 Å². The van der Waals surface area contributed by atoms with Gasteiger partial charge < -0.3 is 79.5 Å². The zero-order chi connectivity index (χ0) is 66.6. The third-order valence-electron chi connectivity index (χ3n) is 11.9. The number of aliphatic hydroxyl groups excluding tert-OH is 3. The molecule has 23 nitrogen and oxygen atoms in total. The van der Waals surface area contributed by atoms with Crippen molar-refractivity contribution in [1.82, 2.24) is 0 Å². The summed E-state index contributed by atoms with van der Waals surface area (Å²) < 4.78 is 63.2. The molecule has 486 valence electrons. The molecule has 25 heteroatoms. The Morgan fingerprint density at radius 1 is 0.348 bits per heavy atom. The van der Waals surface area contributed by atoms with E-state index in [0.717, 1.165) is 94.3 Å². The predicted molar refractivity (Wildman–Crippen MR) is 372 cm³/mol. The van der Waals surface area contributed by atoms with E-state index in [1.54, 1.807) is 0 Å². The van der Waals surface area contributed by atoms with Crippen molar-refractivity contribution >= 4 is 100 Å². The molecule has 0 aliphatic carbocycles. The van der Waals surface area contributed by atoms with Crippen molar-refractivity contribution in [1.29, 1.82) is 0 Å². The number of nitrogen functional groups attached to an aromatic ring is 5. The molecule has 0 amide bonds. The van der Waals surface area contributed by atoms with Crippen molar-refractivity contribution in [3.05, 3.63) is 206 Å². The molecule has 89 heavy (non-hydrogen) atoms. The predicted octanol–water partition coefficient (Wildman–Crippen LogP) is 10.2. The molecule has 8 aromatic carbocycles. The van der Waals surface area contributed by atoms with Gasteiger partial charge in [-0.3, -0.25) is 18.2 Å². The molecular formula is C64H92N12O11S2. The van der Waals surface area contributed by atoms with Crippen molar-refractivity contribution in [2.75, 3.05) is 144 Å². The Kier molecular flexibility index (Phi) is 38.9. The number of hydrogen-bond acceptors (Lipinski definition) is 19. The maximum atomic E-state index is 8.82. The molecule has 0 aromatic heterocycles. The maximum absolute atomic E-state index is 8.82. The molecular weight excluding hydrogens is 1180 g/mol. The molecule has 0 radical (unpaired) electrons. The van der Waals surface area contributed by atoms with Crippen LogP contribution in [0, 0.1) is 0 Å². The number of hydrogen-bond donors (Lipinski definition) is 15. The molecule has 0 fully saturated rings. The summed E-state index contributed by atoms with van der Waals surface area (Å²) in [4.78, 5) is 8.21. The van der Waals surface area contributed by atoms with Crippen molar-refractivity contribution in [3.63, 3.8) is 0 Å². The fourth-order valence-corrected chi connectivity index (χ4v) is 7.09. The standard InChI is InChI=1S/C15H18N2.C12H12N2.C10H16N2O.2C9H14N2O.C9H14N2.2H2O4S/c1-2-12-16-13-8-10-15(11-9-13)17-14-6-4-3-5-7-14;13-10-6-8-12(9-7-10)14-11-4-2-1-3-5-11;1-2-12(7-8-13)10-5-3-9(11)4-6-10;2*1-11(6-7-12)9-4-2-8(10)3-5-9;1-3-11(2)9-6-4-8(10)5-7-9;2*1-5(2,3)4/h3-11,16-17H,2,12H2,1H3;1-9,14H,13H2;3-6,13H,2,7-8,11H2,1H3;2*2-5,12H,6-7,10H2,1H3;4-7H,3,10H2,1-2H3;2*(H2,1,2,3,4). The summed E-state index contributed by atoms with van der Waals surface area (Å²) in [5, 5.41) is 36.2. The average Bonchev–Trinajstić information content (AvgIpc) is 3.62. The number of aliphatic hydroxyl groups is 3. The van der Waals surface area contributed by atoms with Crippen LogP contribution < -0.4 is 64.2 Å². The van der Waals surface area contributed by atoms with Gasteiger partial charge in [0, 0.05) is 140 Å². The van der Waals surface area contributed by atoms with E-state index in [4.69, 9.17) is 79.0 Å². The summed E-state index contributed by atoms with van der Waals surface area (Å²) in [5.41, 5.74) is 41.6. The van der Waals surface area contributed by atoms with E-state index < -0.39 is 20.8 Å². The highest BCUT2D eigenvalue weighted by Gasteiger charge is 2.03. The van der Waals surface area contributed by atoms with Crippen molar-refractivity contribution in [3.8, 4) is 0 Å². The number of nitrogens with two attached hydrogens (primary N) is 5. The van der Waals surface area contributed by atoms with Gasteiger partial charge in [-0.25, -0.2) is 0 Å². The summed E-state index contributed by atoms with van der Waals surface area (Å²) in [6, 6.07) is 67.0. The first-order valence-electron chi connectivity index (χ1n) is 28.1. The van der Waals surface area contributed by atoms with E-state index in [0.29, 0.717) is 19.6 Å². The fourth-order valence-electron chi connectivity index (χ4n) is 7.09. The molecule has 8 rings (SSSR count). The second kappa shape index (κ2) is 44.4. The van der Waals surface area contributed by atoms with Crippen LogP contribution in [0.4, 0.5) is 79.6 Å². The molecule has 0 atom stereocenters. The van der Waals surface area contributed by atoms with Gasteiger partial charge in [0.2, 0.25) is 0 Å². The minimum absolute atomic E-state index is 0.168. The van der Waals surface area contributed by atoms with Crippen LogP contribution in [-0.4, -0.2) is 131 Å². The largest absolute Gasteiger partial charge is 0.399 e. The summed E-state index contributed by atoms with van der Waals surface area (Å²) in [5.74, 6) is 0. The van der Waals surface area contributed by atoms with Crippen molar-refractivity contribution in [2.45, 2.75) is 27.2 Å². The van der Waals surface area contributed by atoms with Gasteiger partial charge in [-0.05, 0) is 190 Å². The SMILES string of the molecule is CCCNc1ccc(Nc2ccccc2)cc1.CCN(C)c1ccc(N)cc1.CCN(CCO)c1ccc(N)cc1.CN(CCO)c1ccc(N)cc1.CN(CCO)c1ccc(N)cc1.Nc1ccc(Nc2ccccc2)cc1.O=S(=O)(O)O.O=S(=O)(O)O. The van der Waals surface area contributed by atoms with Gasteiger partial charge in [0.05, 0.1) is 19.8 Å². The lowest BCUT2D eigenvalue weighted by molar-refractivity contribution is 0.302. The van der Waals surface area contributed by atoms with Gasteiger partial charge >= 0.3 is 20.8 Å². The number of benzene rings is 8. The molecule has 0 unspecified atom stereocenters. The Morgan fingerprint density at radius 2 is 0.607 bits per heavy atom. The van der Waals surface area contributed by atoms with E-state index in [1.807, 2.05) is 194 Å². The molecule has 0 bridgehead atoms. The molecule has 0 saturated heterocycles. The van der Waals surface area contributed by atoms with Crippen molar-refractivity contribution in [2.24, 2.45) is 0 Å². The fraction of sp³-hybridized carbons (Fsp3) is 0.250. The number of para-hydroxylation sites is 2. The van der Waals surface area contributed by atoms with Crippen LogP contribution in [0.2, 0.25) is 0 Å². The smallest absolute Gasteiger partial charge is 0.394 e. The Hall–Kier alpha value is -9.02. The minimum atomic E-state index is -4.67. The molecule has 0 heterocycles. The van der Waals surface area contributed by atoms with Gasteiger partial charge in [-0.1, -0.05) is 43.3 Å². The Morgan fingerprint density at radius 3 is 0.888 bits per heavy atom. The Balaban J connectivity index is 0.000000520. The summed E-state index contributed by atoms with van der Waals surface area (Å²) >= 11 is 0. The zero-order valence-corrected chi connectivity index (χ0v) is 53.1. The quantitative estimate of drug-likeness (QED) is 0.0264. The molecule has 0 spiro atoms. The molecule has 20 N–H and O–H groups in total. The molecule has 0 saturated carbocycles. The first-order valence-corrected chi connectivity index (χ1v) is 30.9. The van der Waals surface area contributed by atoms with Crippen LogP contribution in [0.1, 0.15) is 27.2 Å². The van der Waals surface area contributed by atoms with Gasteiger partial charge in [0.1, 0.15) is 0 Å². The van der Waals surface area contributed by atoms with Gasteiger partial charge in [0.15, 0.2) is 0 Å². The number of rotatable bonds is 19. The number of anilines is 14. The van der Waals surface area contributed by atoms with Gasteiger partial charge in [-0.15, -0.1) is 0 Å². The highest BCUT2D eigenvalue weighted by atomic mass is 32.3.